The van der Waals surface area contributed by atoms with Gasteiger partial charge in [0.2, 0.25) is 5.78 Å². The van der Waals surface area contributed by atoms with E-state index in [0.29, 0.717) is 11.3 Å². The zero-order valence-corrected chi connectivity index (χ0v) is 10.4. The molecule has 2 aromatic rings. The standard InChI is InChI=1S/C12H12O4S/c1-15-10-4-3-5-11-8(10)6-12(16-11)9(13)7-17(2)14/h3-6H,7H2,1-2H3. The fourth-order valence-electron chi connectivity index (χ4n) is 1.61. The van der Waals surface area contributed by atoms with E-state index in [1.54, 1.807) is 31.4 Å². The third kappa shape index (κ3) is 2.39. The van der Waals surface area contributed by atoms with Gasteiger partial charge in [-0.3, -0.25) is 9.00 Å². The first-order chi connectivity index (χ1) is 8.11. The van der Waals surface area contributed by atoms with Gasteiger partial charge >= 0.3 is 0 Å². The monoisotopic (exact) mass is 252 g/mol. The average Bonchev–Trinajstić information content (AvgIpc) is 2.71. The fourth-order valence-corrected chi connectivity index (χ4v) is 2.12. The van der Waals surface area contributed by atoms with Crippen molar-refractivity contribution in [1.29, 1.82) is 0 Å². The summed E-state index contributed by atoms with van der Waals surface area (Å²) in [4.78, 5) is 11.7. The van der Waals surface area contributed by atoms with Crippen LogP contribution in [0.3, 0.4) is 0 Å². The Bertz CT molecular complexity index is 585. The molecule has 2 rings (SSSR count). The van der Waals surface area contributed by atoms with Crippen molar-refractivity contribution in [2.75, 3.05) is 19.1 Å². The van der Waals surface area contributed by atoms with E-state index >= 15 is 0 Å². The first-order valence-electron chi connectivity index (χ1n) is 5.01. The van der Waals surface area contributed by atoms with Crippen LogP contribution in [-0.2, 0) is 10.8 Å². The molecule has 4 nitrogen and oxygen atoms in total. The van der Waals surface area contributed by atoms with Crippen molar-refractivity contribution in [2.45, 2.75) is 0 Å². The predicted molar refractivity (Wildman–Crippen MR) is 66.0 cm³/mol. The maximum atomic E-state index is 11.7. The molecule has 0 aliphatic rings. The fraction of sp³-hybridized carbons (Fsp3) is 0.250. The van der Waals surface area contributed by atoms with Crippen LogP contribution in [0.15, 0.2) is 28.7 Å². The molecule has 17 heavy (non-hydrogen) atoms. The van der Waals surface area contributed by atoms with E-state index in [-0.39, 0.29) is 17.3 Å². The maximum Gasteiger partial charge on any atom is 0.210 e. The number of benzene rings is 1. The molecule has 1 aromatic carbocycles. The van der Waals surface area contributed by atoms with Crippen LogP contribution in [0.2, 0.25) is 0 Å². The highest BCUT2D eigenvalue weighted by atomic mass is 32.2. The summed E-state index contributed by atoms with van der Waals surface area (Å²) in [7, 11) is 0.394. The van der Waals surface area contributed by atoms with Gasteiger partial charge in [0.1, 0.15) is 11.3 Å². The van der Waals surface area contributed by atoms with Gasteiger partial charge in [-0.1, -0.05) is 6.07 Å². The molecule has 1 unspecified atom stereocenters. The Labute approximate surface area is 101 Å². The molecule has 0 spiro atoms. The number of hydrogen-bond donors (Lipinski definition) is 0. The largest absolute Gasteiger partial charge is 0.496 e. The molecule has 0 N–H and O–H groups in total. The van der Waals surface area contributed by atoms with E-state index < -0.39 is 10.8 Å². The van der Waals surface area contributed by atoms with E-state index in [1.165, 1.54) is 6.26 Å². The lowest BCUT2D eigenvalue weighted by atomic mass is 10.2. The topological polar surface area (TPSA) is 56.5 Å². The molecule has 5 heteroatoms. The van der Waals surface area contributed by atoms with E-state index in [0.717, 1.165) is 5.39 Å². The summed E-state index contributed by atoms with van der Waals surface area (Å²) in [6.45, 7) is 0. The molecule has 0 radical (unpaired) electrons. The van der Waals surface area contributed by atoms with Crippen molar-refractivity contribution in [3.05, 3.63) is 30.0 Å². The van der Waals surface area contributed by atoms with Crippen molar-refractivity contribution in [1.82, 2.24) is 0 Å². The molecule has 0 aliphatic heterocycles. The second-order valence-electron chi connectivity index (χ2n) is 3.62. The van der Waals surface area contributed by atoms with Gasteiger partial charge in [0.15, 0.2) is 5.76 Å². The van der Waals surface area contributed by atoms with E-state index in [2.05, 4.69) is 0 Å². The van der Waals surface area contributed by atoms with Crippen LogP contribution in [0.4, 0.5) is 0 Å². The summed E-state index contributed by atoms with van der Waals surface area (Å²) in [6.07, 6.45) is 1.49. The summed E-state index contributed by atoms with van der Waals surface area (Å²) in [5, 5.41) is 0.750. The Morgan fingerprint density at radius 2 is 2.24 bits per heavy atom. The van der Waals surface area contributed by atoms with Gasteiger partial charge in [-0.05, 0) is 18.2 Å². The van der Waals surface area contributed by atoms with Crippen LogP contribution in [-0.4, -0.2) is 29.1 Å². The molecule has 0 bridgehead atoms. The Kier molecular flexibility index (Phi) is 3.28. The van der Waals surface area contributed by atoms with Crippen LogP contribution in [0.1, 0.15) is 10.6 Å². The number of methoxy groups -OCH3 is 1. The number of ether oxygens (including phenoxy) is 1. The van der Waals surface area contributed by atoms with Gasteiger partial charge in [-0.2, -0.15) is 0 Å². The molecule has 90 valence electrons. The summed E-state index contributed by atoms with van der Waals surface area (Å²) in [5.41, 5.74) is 0.592. The van der Waals surface area contributed by atoms with Crippen LogP contribution >= 0.6 is 0 Å². The number of Topliss-reactive ketones (excluding diaryl/α,β-unsaturated/α-hetero) is 1. The Morgan fingerprint density at radius 1 is 1.47 bits per heavy atom. The highest BCUT2D eigenvalue weighted by Crippen LogP contribution is 2.28. The highest BCUT2D eigenvalue weighted by Gasteiger charge is 2.15. The lowest BCUT2D eigenvalue weighted by Crippen LogP contribution is -2.08. The zero-order valence-electron chi connectivity index (χ0n) is 9.56. The molecule has 1 heterocycles. The second-order valence-corrected chi connectivity index (χ2v) is 5.06. The number of furan rings is 1. The van der Waals surface area contributed by atoms with E-state index in [1.807, 2.05) is 0 Å². The van der Waals surface area contributed by atoms with Crippen LogP contribution in [0, 0.1) is 0 Å². The molecule has 0 aliphatic carbocycles. The maximum absolute atomic E-state index is 11.7. The number of carbonyl (C=O) groups excluding carboxylic acids is 1. The lowest BCUT2D eigenvalue weighted by Gasteiger charge is -1.98. The highest BCUT2D eigenvalue weighted by molar-refractivity contribution is 7.85. The van der Waals surface area contributed by atoms with Gasteiger partial charge < -0.3 is 9.15 Å². The van der Waals surface area contributed by atoms with Gasteiger partial charge in [0.25, 0.3) is 0 Å². The molecule has 1 aromatic heterocycles. The summed E-state index contributed by atoms with van der Waals surface area (Å²) >= 11 is 0. The molecule has 0 fully saturated rings. The molecule has 0 amide bonds. The van der Waals surface area contributed by atoms with Crippen LogP contribution in [0.25, 0.3) is 11.0 Å². The molecule has 0 saturated heterocycles. The van der Waals surface area contributed by atoms with Crippen molar-refractivity contribution in [2.24, 2.45) is 0 Å². The number of fused-ring (bicyclic) bond motifs is 1. The molecular weight excluding hydrogens is 240 g/mol. The summed E-state index contributed by atoms with van der Waals surface area (Å²) in [5.74, 6) is 0.592. The number of rotatable bonds is 4. The quantitative estimate of drug-likeness (QED) is 0.781. The minimum atomic E-state index is -1.17. The molecule has 1 atom stereocenters. The smallest absolute Gasteiger partial charge is 0.210 e. The molecular formula is C12H12O4S. The third-order valence-corrected chi connectivity index (χ3v) is 3.02. The number of hydrogen-bond acceptors (Lipinski definition) is 4. The summed E-state index contributed by atoms with van der Waals surface area (Å²) in [6, 6.07) is 6.97. The number of ketones is 1. The second kappa shape index (κ2) is 4.71. The minimum absolute atomic E-state index is 0.0257. The van der Waals surface area contributed by atoms with Gasteiger partial charge in [0.05, 0.1) is 18.2 Å². The molecule has 0 saturated carbocycles. The Morgan fingerprint density at radius 3 is 2.88 bits per heavy atom. The van der Waals surface area contributed by atoms with Gasteiger partial charge in [-0.15, -0.1) is 0 Å². The van der Waals surface area contributed by atoms with Crippen molar-refractivity contribution in [3.8, 4) is 5.75 Å². The first kappa shape index (κ1) is 11.9. The third-order valence-electron chi connectivity index (χ3n) is 2.35. The van der Waals surface area contributed by atoms with Crippen molar-refractivity contribution in [3.63, 3.8) is 0 Å². The van der Waals surface area contributed by atoms with Crippen molar-refractivity contribution < 1.29 is 18.2 Å². The SMILES string of the molecule is COc1cccc2oc(C(=O)CS(C)=O)cc12. The van der Waals surface area contributed by atoms with Gasteiger partial charge in [0, 0.05) is 17.1 Å². The van der Waals surface area contributed by atoms with Gasteiger partial charge in [-0.25, -0.2) is 0 Å². The average molecular weight is 252 g/mol. The zero-order chi connectivity index (χ0) is 12.4. The predicted octanol–water partition coefficient (Wildman–Crippen LogP) is 2.00. The Balaban J connectivity index is 2.44. The van der Waals surface area contributed by atoms with Crippen LogP contribution < -0.4 is 4.74 Å². The number of carbonyl (C=O) groups is 1. The normalized spacial score (nSPS) is 12.6. The Hall–Kier alpha value is -1.62. The minimum Gasteiger partial charge on any atom is -0.496 e. The van der Waals surface area contributed by atoms with E-state index in [9.17, 15) is 9.00 Å². The lowest BCUT2D eigenvalue weighted by molar-refractivity contribution is 0.0993. The summed E-state index contributed by atoms with van der Waals surface area (Å²) < 4.78 is 21.6. The first-order valence-corrected chi connectivity index (χ1v) is 6.74. The van der Waals surface area contributed by atoms with Crippen molar-refractivity contribution >= 4 is 27.6 Å². The van der Waals surface area contributed by atoms with Crippen LogP contribution in [0.5, 0.6) is 5.75 Å². The van der Waals surface area contributed by atoms with E-state index in [4.69, 9.17) is 9.15 Å².